The normalized spacial score (nSPS) is 16.4. The smallest absolute Gasteiger partial charge is 0.416 e. The Labute approximate surface area is 125 Å². The molecule has 7 heteroatoms. The lowest BCUT2D eigenvalue weighted by molar-refractivity contribution is 0.0381. The predicted molar refractivity (Wildman–Crippen MR) is 78.5 cm³/mol. The van der Waals surface area contributed by atoms with Crippen molar-refractivity contribution in [1.82, 2.24) is 9.80 Å². The van der Waals surface area contributed by atoms with Gasteiger partial charge in [0.05, 0.1) is 0 Å². The first kappa shape index (κ1) is 16.7. The summed E-state index contributed by atoms with van der Waals surface area (Å²) < 4.78 is 10.5. The molecular weight excluding hydrogens is 280 g/mol. The van der Waals surface area contributed by atoms with E-state index in [9.17, 15) is 9.59 Å². The highest BCUT2D eigenvalue weighted by Crippen LogP contribution is 2.18. The monoisotopic (exact) mass is 302 g/mol. The van der Waals surface area contributed by atoms with E-state index in [1.807, 2.05) is 0 Å². The first-order valence-electron chi connectivity index (χ1n) is 6.46. The third kappa shape index (κ3) is 4.63. The third-order valence-electron chi connectivity index (χ3n) is 2.24. The average Bonchev–Trinajstić information content (AvgIpc) is 2.54. The van der Waals surface area contributed by atoms with Gasteiger partial charge in [0.15, 0.2) is 5.11 Å². The minimum Gasteiger partial charge on any atom is -0.443 e. The molecule has 0 atom stereocenters. The van der Waals surface area contributed by atoms with Crippen molar-refractivity contribution >= 4 is 29.5 Å². The number of amides is 2. The van der Waals surface area contributed by atoms with Crippen LogP contribution in [-0.4, -0.2) is 51.4 Å². The molecule has 0 spiro atoms. The van der Waals surface area contributed by atoms with E-state index in [1.165, 1.54) is 9.80 Å². The largest absolute Gasteiger partial charge is 0.443 e. The molecule has 6 nitrogen and oxygen atoms in total. The van der Waals surface area contributed by atoms with Crippen molar-refractivity contribution in [3.05, 3.63) is 0 Å². The maximum absolute atomic E-state index is 12.0. The third-order valence-corrected chi connectivity index (χ3v) is 2.68. The Hall–Kier alpha value is -1.37. The number of carbonyl (C=O) groups is 2. The fraction of sp³-hybridized carbons (Fsp3) is 0.769. The van der Waals surface area contributed by atoms with Crippen LogP contribution in [0.4, 0.5) is 9.59 Å². The minimum atomic E-state index is -0.605. The zero-order valence-corrected chi connectivity index (χ0v) is 13.7. The van der Waals surface area contributed by atoms with E-state index in [2.05, 4.69) is 0 Å². The zero-order valence-electron chi connectivity index (χ0n) is 12.8. The molecule has 0 saturated carbocycles. The Kier molecular flexibility index (Phi) is 4.63. The van der Waals surface area contributed by atoms with Crippen LogP contribution >= 0.6 is 12.2 Å². The summed E-state index contributed by atoms with van der Waals surface area (Å²) in [5.41, 5.74) is -1.21. The molecule has 20 heavy (non-hydrogen) atoms. The maximum Gasteiger partial charge on any atom is 0.416 e. The van der Waals surface area contributed by atoms with Crippen LogP contribution in [0.5, 0.6) is 0 Å². The van der Waals surface area contributed by atoms with Gasteiger partial charge in [-0.25, -0.2) is 9.59 Å². The second-order valence-electron chi connectivity index (χ2n) is 6.55. The Morgan fingerprint density at radius 1 is 0.900 bits per heavy atom. The Morgan fingerprint density at radius 2 is 1.20 bits per heavy atom. The highest BCUT2D eigenvalue weighted by Gasteiger charge is 2.37. The highest BCUT2D eigenvalue weighted by atomic mass is 32.1. The van der Waals surface area contributed by atoms with Crippen molar-refractivity contribution < 1.29 is 19.1 Å². The van der Waals surface area contributed by atoms with Gasteiger partial charge in [0.25, 0.3) is 0 Å². The molecule has 1 rings (SSSR count). The lowest BCUT2D eigenvalue weighted by Crippen LogP contribution is -2.42. The zero-order chi connectivity index (χ0) is 15.7. The van der Waals surface area contributed by atoms with Gasteiger partial charge in [-0.2, -0.15) is 0 Å². The topological polar surface area (TPSA) is 59.1 Å². The van der Waals surface area contributed by atoms with E-state index in [0.29, 0.717) is 13.1 Å². The molecule has 0 aromatic rings. The summed E-state index contributed by atoms with van der Waals surface area (Å²) in [5.74, 6) is 0. The minimum absolute atomic E-state index is 0.119. The summed E-state index contributed by atoms with van der Waals surface area (Å²) in [5, 5.41) is 0.119. The molecule has 0 aliphatic carbocycles. The number of thiocarbonyl (C=S) groups is 1. The van der Waals surface area contributed by atoms with E-state index in [0.717, 1.165) is 0 Å². The van der Waals surface area contributed by atoms with Crippen LogP contribution in [0.15, 0.2) is 0 Å². The molecule has 114 valence electrons. The van der Waals surface area contributed by atoms with Crippen molar-refractivity contribution in [3.63, 3.8) is 0 Å². The van der Waals surface area contributed by atoms with Crippen LogP contribution in [0.25, 0.3) is 0 Å². The summed E-state index contributed by atoms with van der Waals surface area (Å²) in [6.45, 7) is 11.3. The van der Waals surface area contributed by atoms with Gasteiger partial charge in [0, 0.05) is 13.1 Å². The van der Waals surface area contributed by atoms with Gasteiger partial charge in [-0.15, -0.1) is 0 Å². The van der Waals surface area contributed by atoms with E-state index < -0.39 is 23.4 Å². The number of carbonyl (C=O) groups excluding carboxylic acids is 2. The molecule has 0 N–H and O–H groups in total. The quantitative estimate of drug-likeness (QED) is 0.644. The molecule has 1 aliphatic rings. The van der Waals surface area contributed by atoms with Gasteiger partial charge in [0.1, 0.15) is 11.2 Å². The molecule has 2 amide bonds. The lowest BCUT2D eigenvalue weighted by Gasteiger charge is -2.26. The summed E-state index contributed by atoms with van der Waals surface area (Å²) in [6.07, 6.45) is -1.10. The summed E-state index contributed by atoms with van der Waals surface area (Å²) in [4.78, 5) is 26.5. The first-order valence-corrected chi connectivity index (χ1v) is 6.86. The molecule has 1 heterocycles. The van der Waals surface area contributed by atoms with Crippen LogP contribution in [0.1, 0.15) is 41.5 Å². The lowest BCUT2D eigenvalue weighted by atomic mass is 10.2. The second-order valence-corrected chi connectivity index (χ2v) is 6.91. The van der Waals surface area contributed by atoms with E-state index in [-0.39, 0.29) is 5.11 Å². The standard InChI is InChI=1S/C13H22N2O4S/c1-12(2,3)18-10(16)14-7-8-15(9(14)20)11(17)19-13(4,5)6/h7-8H2,1-6H3. The number of ether oxygens (including phenoxy) is 2. The SMILES string of the molecule is CC(C)(C)OC(=O)N1CCN(C(=O)OC(C)(C)C)C1=S. The van der Waals surface area contributed by atoms with Gasteiger partial charge in [-0.05, 0) is 53.8 Å². The van der Waals surface area contributed by atoms with Gasteiger partial charge in [-0.1, -0.05) is 0 Å². The first-order chi connectivity index (χ1) is 8.91. The number of rotatable bonds is 0. The van der Waals surface area contributed by atoms with Gasteiger partial charge in [0.2, 0.25) is 0 Å². The molecular formula is C13H22N2O4S. The average molecular weight is 302 g/mol. The Bertz CT molecular complexity index is 385. The van der Waals surface area contributed by atoms with Gasteiger partial charge < -0.3 is 9.47 Å². The second kappa shape index (κ2) is 5.55. The predicted octanol–water partition coefficient (Wildman–Crippen LogP) is 2.76. The van der Waals surface area contributed by atoms with Gasteiger partial charge >= 0.3 is 12.2 Å². The molecule has 1 saturated heterocycles. The summed E-state index contributed by atoms with van der Waals surface area (Å²) in [7, 11) is 0. The van der Waals surface area contributed by atoms with Crippen LogP contribution in [0.2, 0.25) is 0 Å². The van der Waals surface area contributed by atoms with Crippen LogP contribution < -0.4 is 0 Å². The molecule has 0 radical (unpaired) electrons. The van der Waals surface area contributed by atoms with Gasteiger partial charge in [-0.3, -0.25) is 9.80 Å². The van der Waals surface area contributed by atoms with Crippen molar-refractivity contribution in [2.24, 2.45) is 0 Å². The number of hydrogen-bond donors (Lipinski definition) is 0. The van der Waals surface area contributed by atoms with Crippen molar-refractivity contribution in [2.75, 3.05) is 13.1 Å². The summed E-state index contributed by atoms with van der Waals surface area (Å²) >= 11 is 5.14. The number of hydrogen-bond acceptors (Lipinski definition) is 5. The maximum atomic E-state index is 12.0. The molecule has 0 unspecified atom stereocenters. The molecule has 1 aliphatic heterocycles. The fourth-order valence-corrected chi connectivity index (χ4v) is 1.84. The van der Waals surface area contributed by atoms with Crippen molar-refractivity contribution in [3.8, 4) is 0 Å². The molecule has 0 aromatic heterocycles. The van der Waals surface area contributed by atoms with E-state index >= 15 is 0 Å². The van der Waals surface area contributed by atoms with Crippen molar-refractivity contribution in [1.29, 1.82) is 0 Å². The van der Waals surface area contributed by atoms with Crippen molar-refractivity contribution in [2.45, 2.75) is 52.7 Å². The van der Waals surface area contributed by atoms with E-state index in [4.69, 9.17) is 21.7 Å². The highest BCUT2D eigenvalue weighted by molar-refractivity contribution is 7.80. The van der Waals surface area contributed by atoms with Crippen LogP contribution in [0, 0.1) is 0 Å². The van der Waals surface area contributed by atoms with Crippen LogP contribution in [-0.2, 0) is 9.47 Å². The summed E-state index contributed by atoms with van der Waals surface area (Å²) in [6, 6.07) is 0. The molecule has 0 aromatic carbocycles. The van der Waals surface area contributed by atoms with Crippen LogP contribution in [0.3, 0.4) is 0 Å². The Morgan fingerprint density at radius 3 is 1.45 bits per heavy atom. The number of nitrogens with zero attached hydrogens (tertiary/aromatic N) is 2. The molecule has 0 bridgehead atoms. The molecule has 1 fully saturated rings. The van der Waals surface area contributed by atoms with E-state index in [1.54, 1.807) is 41.5 Å². The Balaban J connectivity index is 2.69. The fourth-order valence-electron chi connectivity index (χ4n) is 1.51.